The molecule has 6 nitrogen and oxygen atoms in total. The molecule has 2 N–H and O–H groups in total. The van der Waals surface area contributed by atoms with Gasteiger partial charge in [-0.15, -0.1) is 0 Å². The summed E-state index contributed by atoms with van der Waals surface area (Å²) in [6.07, 6.45) is 2.86. The number of ether oxygens (including phenoxy) is 1. The van der Waals surface area contributed by atoms with Crippen molar-refractivity contribution < 1.29 is 9.53 Å². The maximum Gasteiger partial charge on any atom is 0.258 e. The third-order valence-corrected chi connectivity index (χ3v) is 3.80. The summed E-state index contributed by atoms with van der Waals surface area (Å²) < 4.78 is 5.13. The van der Waals surface area contributed by atoms with E-state index in [4.69, 9.17) is 27.9 Å². The fourth-order valence-electron chi connectivity index (χ4n) is 2.17. The van der Waals surface area contributed by atoms with Crippen LogP contribution in [0.1, 0.15) is 10.4 Å². The highest BCUT2D eigenvalue weighted by atomic mass is 35.5. The molecule has 0 aliphatic heterocycles. The molecular weight excluding hydrogens is 375 g/mol. The van der Waals surface area contributed by atoms with Crippen molar-refractivity contribution in [2.75, 3.05) is 17.7 Å². The smallest absolute Gasteiger partial charge is 0.258 e. The van der Waals surface area contributed by atoms with Gasteiger partial charge in [0.2, 0.25) is 5.95 Å². The summed E-state index contributed by atoms with van der Waals surface area (Å²) in [4.78, 5) is 20.6. The molecule has 3 rings (SSSR count). The van der Waals surface area contributed by atoms with Gasteiger partial charge in [-0.05, 0) is 30.3 Å². The van der Waals surface area contributed by atoms with Crippen LogP contribution in [0.5, 0.6) is 5.75 Å². The Kier molecular flexibility index (Phi) is 5.55. The van der Waals surface area contributed by atoms with Gasteiger partial charge in [0.25, 0.3) is 5.91 Å². The molecule has 1 amide bonds. The number of rotatable bonds is 5. The minimum atomic E-state index is -0.324. The molecule has 0 fully saturated rings. The van der Waals surface area contributed by atoms with E-state index in [0.717, 1.165) is 0 Å². The third-order valence-electron chi connectivity index (χ3n) is 3.36. The van der Waals surface area contributed by atoms with Gasteiger partial charge in [-0.1, -0.05) is 29.3 Å². The number of amides is 1. The summed E-state index contributed by atoms with van der Waals surface area (Å²) >= 11 is 11.9. The topological polar surface area (TPSA) is 76.1 Å². The monoisotopic (exact) mass is 388 g/mol. The highest BCUT2D eigenvalue weighted by Gasteiger charge is 2.09. The van der Waals surface area contributed by atoms with E-state index in [1.807, 2.05) is 0 Å². The first kappa shape index (κ1) is 18.0. The minimum absolute atomic E-state index is 0.321. The van der Waals surface area contributed by atoms with Crippen LogP contribution in [0, 0.1) is 0 Å². The van der Waals surface area contributed by atoms with E-state index >= 15 is 0 Å². The van der Waals surface area contributed by atoms with Crippen LogP contribution in [0.25, 0.3) is 0 Å². The van der Waals surface area contributed by atoms with E-state index in [1.165, 1.54) is 12.4 Å². The molecule has 0 atom stereocenters. The second-order valence-electron chi connectivity index (χ2n) is 5.26. The summed E-state index contributed by atoms with van der Waals surface area (Å²) in [5, 5.41) is 6.73. The summed E-state index contributed by atoms with van der Waals surface area (Å²) in [5.74, 6) is 0.649. The van der Waals surface area contributed by atoms with E-state index in [-0.39, 0.29) is 5.91 Å². The van der Waals surface area contributed by atoms with Crippen molar-refractivity contribution in [3.8, 4) is 5.75 Å². The highest BCUT2D eigenvalue weighted by Crippen LogP contribution is 2.24. The third kappa shape index (κ3) is 4.62. The number of carbonyl (C=O) groups excluding carboxylic acids is 1. The molecule has 0 aliphatic rings. The molecule has 0 unspecified atom stereocenters. The Bertz CT molecular complexity index is 912. The Morgan fingerprint density at radius 1 is 1.00 bits per heavy atom. The molecule has 0 bridgehead atoms. The highest BCUT2D eigenvalue weighted by molar-refractivity contribution is 6.35. The van der Waals surface area contributed by atoms with E-state index in [2.05, 4.69) is 20.6 Å². The van der Waals surface area contributed by atoms with Gasteiger partial charge in [0.15, 0.2) is 0 Å². The lowest BCUT2D eigenvalue weighted by Gasteiger charge is -2.08. The van der Waals surface area contributed by atoms with Gasteiger partial charge >= 0.3 is 0 Å². The molecule has 0 aliphatic carbocycles. The number of carbonyl (C=O) groups is 1. The van der Waals surface area contributed by atoms with Crippen LogP contribution in [0.2, 0.25) is 10.0 Å². The zero-order chi connectivity index (χ0) is 18.5. The van der Waals surface area contributed by atoms with Crippen molar-refractivity contribution in [3.05, 3.63) is 70.5 Å². The van der Waals surface area contributed by atoms with Crippen molar-refractivity contribution in [3.63, 3.8) is 0 Å². The Hall–Kier alpha value is -2.83. The molecule has 3 aromatic rings. The number of halogens is 2. The first-order chi connectivity index (χ1) is 12.5. The first-order valence-corrected chi connectivity index (χ1v) is 8.29. The number of aromatic nitrogens is 2. The lowest BCUT2D eigenvalue weighted by Crippen LogP contribution is -2.13. The first-order valence-electron chi connectivity index (χ1n) is 7.54. The normalized spacial score (nSPS) is 10.3. The Balaban J connectivity index is 1.69. The van der Waals surface area contributed by atoms with E-state index in [0.29, 0.717) is 38.7 Å². The SMILES string of the molecule is COc1cccc(NC(=O)c2cnc(Nc3cc(Cl)cc(Cl)c3)nc2)c1. The van der Waals surface area contributed by atoms with Crippen LogP contribution in [0.4, 0.5) is 17.3 Å². The molecule has 26 heavy (non-hydrogen) atoms. The quantitative estimate of drug-likeness (QED) is 0.656. The maximum atomic E-state index is 12.3. The molecule has 0 saturated carbocycles. The molecule has 2 aromatic carbocycles. The van der Waals surface area contributed by atoms with Crippen molar-refractivity contribution in [2.24, 2.45) is 0 Å². The fourth-order valence-corrected chi connectivity index (χ4v) is 2.70. The van der Waals surface area contributed by atoms with Gasteiger partial charge in [0, 0.05) is 39.9 Å². The molecular formula is C18H14Cl2N4O2. The molecule has 0 spiro atoms. The van der Waals surface area contributed by atoms with Crippen LogP contribution in [0.15, 0.2) is 54.9 Å². The van der Waals surface area contributed by atoms with Crippen molar-refractivity contribution in [1.29, 1.82) is 0 Å². The van der Waals surface area contributed by atoms with E-state index in [1.54, 1.807) is 49.6 Å². The number of nitrogens with one attached hydrogen (secondary N) is 2. The second kappa shape index (κ2) is 8.03. The summed E-state index contributed by atoms with van der Waals surface area (Å²) in [6, 6.07) is 12.1. The minimum Gasteiger partial charge on any atom is -0.497 e. The van der Waals surface area contributed by atoms with Crippen LogP contribution in [0.3, 0.4) is 0 Å². The molecule has 0 radical (unpaired) electrons. The summed E-state index contributed by atoms with van der Waals surface area (Å²) in [6.45, 7) is 0. The number of hydrogen-bond donors (Lipinski definition) is 2. The maximum absolute atomic E-state index is 12.3. The summed E-state index contributed by atoms with van der Waals surface area (Å²) in [7, 11) is 1.56. The number of benzene rings is 2. The Morgan fingerprint density at radius 2 is 1.69 bits per heavy atom. The molecule has 8 heteroatoms. The summed E-state index contributed by atoms with van der Waals surface area (Å²) in [5.41, 5.74) is 1.59. The van der Waals surface area contributed by atoms with Gasteiger partial charge in [0.1, 0.15) is 5.75 Å². The number of hydrogen-bond acceptors (Lipinski definition) is 5. The molecule has 1 aromatic heterocycles. The van der Waals surface area contributed by atoms with Crippen molar-refractivity contribution >= 4 is 46.4 Å². The fraction of sp³-hybridized carbons (Fsp3) is 0.0556. The van der Waals surface area contributed by atoms with Crippen LogP contribution in [-0.2, 0) is 0 Å². The van der Waals surface area contributed by atoms with Gasteiger partial charge < -0.3 is 15.4 Å². The second-order valence-corrected chi connectivity index (χ2v) is 6.14. The lowest BCUT2D eigenvalue weighted by molar-refractivity contribution is 0.102. The van der Waals surface area contributed by atoms with Crippen LogP contribution < -0.4 is 15.4 Å². The number of nitrogens with zero attached hydrogens (tertiary/aromatic N) is 2. The largest absolute Gasteiger partial charge is 0.497 e. The van der Waals surface area contributed by atoms with Gasteiger partial charge in [-0.25, -0.2) is 9.97 Å². The van der Waals surface area contributed by atoms with Gasteiger partial charge in [0.05, 0.1) is 12.7 Å². The molecule has 132 valence electrons. The standard InChI is InChI=1S/C18H14Cl2N4O2/c1-26-16-4-2-3-14(8-16)23-17(25)11-9-21-18(22-10-11)24-15-6-12(19)5-13(20)7-15/h2-10H,1H3,(H,23,25)(H,21,22,24). The molecule has 1 heterocycles. The van der Waals surface area contributed by atoms with E-state index < -0.39 is 0 Å². The Morgan fingerprint density at radius 3 is 2.35 bits per heavy atom. The zero-order valence-electron chi connectivity index (χ0n) is 13.7. The van der Waals surface area contributed by atoms with Crippen molar-refractivity contribution in [1.82, 2.24) is 9.97 Å². The zero-order valence-corrected chi connectivity index (χ0v) is 15.2. The average Bonchev–Trinajstić information content (AvgIpc) is 2.61. The number of methoxy groups -OCH3 is 1. The van der Waals surface area contributed by atoms with Gasteiger partial charge in [-0.2, -0.15) is 0 Å². The van der Waals surface area contributed by atoms with Crippen LogP contribution in [-0.4, -0.2) is 23.0 Å². The predicted octanol–water partition coefficient (Wildman–Crippen LogP) is 4.79. The molecule has 0 saturated heterocycles. The van der Waals surface area contributed by atoms with Gasteiger partial charge in [-0.3, -0.25) is 4.79 Å². The lowest BCUT2D eigenvalue weighted by atomic mass is 10.2. The van der Waals surface area contributed by atoms with Crippen molar-refractivity contribution in [2.45, 2.75) is 0 Å². The van der Waals surface area contributed by atoms with E-state index in [9.17, 15) is 4.79 Å². The van der Waals surface area contributed by atoms with Crippen LogP contribution >= 0.6 is 23.2 Å². The number of anilines is 3. The Labute approximate surface area is 160 Å². The average molecular weight is 389 g/mol. The predicted molar refractivity (Wildman–Crippen MR) is 103 cm³/mol.